The molecule has 0 fully saturated rings. The standard InChI is InChI=1S/C20H21N7O3/c1-20(2,3)14-9-15(27-30-14)25-19(29)24-12-6-4-11(5-7-12)23-13-8-16(28)26-18-17(13)21-10-22-18/h4-10H,1-3H3,(H2,24,25,27,29)(H3,21,22,23,26,28). The van der Waals surface area contributed by atoms with Crippen molar-refractivity contribution in [2.75, 3.05) is 16.0 Å². The molecule has 2 amide bonds. The summed E-state index contributed by atoms with van der Waals surface area (Å²) < 4.78 is 5.25. The van der Waals surface area contributed by atoms with Gasteiger partial charge in [0.15, 0.2) is 11.5 Å². The van der Waals surface area contributed by atoms with Crippen molar-refractivity contribution in [3.8, 4) is 0 Å². The van der Waals surface area contributed by atoms with Crippen molar-refractivity contribution in [2.45, 2.75) is 26.2 Å². The van der Waals surface area contributed by atoms with Gasteiger partial charge >= 0.3 is 6.03 Å². The first-order valence-corrected chi connectivity index (χ1v) is 9.27. The number of imidazole rings is 1. The van der Waals surface area contributed by atoms with Crippen molar-refractivity contribution >= 4 is 40.1 Å². The molecule has 0 saturated carbocycles. The molecule has 4 aromatic rings. The van der Waals surface area contributed by atoms with Crippen LogP contribution < -0.4 is 21.5 Å². The van der Waals surface area contributed by atoms with E-state index in [1.165, 1.54) is 12.4 Å². The second kappa shape index (κ2) is 7.39. The average molecular weight is 407 g/mol. The number of urea groups is 1. The van der Waals surface area contributed by atoms with E-state index in [1.54, 1.807) is 30.3 Å². The highest BCUT2D eigenvalue weighted by Crippen LogP contribution is 2.25. The number of fused-ring (bicyclic) bond motifs is 1. The fraction of sp³-hybridized carbons (Fsp3) is 0.200. The first-order chi connectivity index (χ1) is 14.3. The molecule has 5 N–H and O–H groups in total. The van der Waals surface area contributed by atoms with E-state index in [0.717, 1.165) is 5.69 Å². The fourth-order valence-electron chi connectivity index (χ4n) is 2.81. The van der Waals surface area contributed by atoms with Crippen molar-refractivity contribution in [3.63, 3.8) is 0 Å². The molecule has 154 valence electrons. The molecule has 0 unspecified atom stereocenters. The van der Waals surface area contributed by atoms with Crippen LogP contribution in [0.2, 0.25) is 0 Å². The van der Waals surface area contributed by atoms with Crippen molar-refractivity contribution < 1.29 is 9.32 Å². The number of aromatic amines is 2. The number of nitrogens with zero attached hydrogens (tertiary/aromatic N) is 2. The van der Waals surface area contributed by atoms with E-state index in [1.807, 2.05) is 20.8 Å². The number of carbonyl (C=O) groups excluding carboxylic acids is 1. The third-order valence-corrected chi connectivity index (χ3v) is 4.34. The zero-order valence-corrected chi connectivity index (χ0v) is 16.7. The van der Waals surface area contributed by atoms with Crippen LogP contribution in [0.15, 0.2) is 52.0 Å². The first-order valence-electron chi connectivity index (χ1n) is 9.27. The van der Waals surface area contributed by atoms with Crippen LogP contribution in [0.25, 0.3) is 11.2 Å². The second-order valence-corrected chi connectivity index (χ2v) is 7.78. The van der Waals surface area contributed by atoms with Crippen LogP contribution in [0.1, 0.15) is 26.5 Å². The number of rotatable bonds is 4. The summed E-state index contributed by atoms with van der Waals surface area (Å²) >= 11 is 0. The Hall–Kier alpha value is -4.08. The molecule has 0 spiro atoms. The highest BCUT2D eigenvalue weighted by atomic mass is 16.5. The fourth-order valence-corrected chi connectivity index (χ4v) is 2.81. The van der Waals surface area contributed by atoms with Crippen LogP contribution in [0.4, 0.5) is 27.7 Å². The zero-order chi connectivity index (χ0) is 21.3. The zero-order valence-electron chi connectivity index (χ0n) is 16.7. The summed E-state index contributed by atoms with van der Waals surface area (Å²) in [5.41, 5.74) is 2.65. The summed E-state index contributed by atoms with van der Waals surface area (Å²) in [6, 6.07) is 9.76. The molecular formula is C20H21N7O3. The summed E-state index contributed by atoms with van der Waals surface area (Å²) in [5, 5.41) is 12.4. The SMILES string of the molecule is CC(C)(C)c1cc(NC(=O)Nc2ccc(Nc3cc(=O)[nH]c4nc[nH]c34)cc2)no1. The lowest BCUT2D eigenvalue weighted by Gasteiger charge is -2.12. The van der Waals surface area contributed by atoms with E-state index in [2.05, 4.69) is 36.1 Å². The van der Waals surface area contributed by atoms with Crippen molar-refractivity contribution in [1.29, 1.82) is 0 Å². The van der Waals surface area contributed by atoms with Gasteiger partial charge in [0.2, 0.25) is 0 Å². The monoisotopic (exact) mass is 407 g/mol. The molecule has 0 aliphatic carbocycles. The van der Waals surface area contributed by atoms with Gasteiger partial charge in [-0.05, 0) is 24.3 Å². The van der Waals surface area contributed by atoms with Gasteiger partial charge in [-0.3, -0.25) is 10.1 Å². The Labute approximate surface area is 171 Å². The van der Waals surface area contributed by atoms with Gasteiger partial charge in [0.25, 0.3) is 5.56 Å². The molecule has 30 heavy (non-hydrogen) atoms. The van der Waals surface area contributed by atoms with Crippen LogP contribution in [-0.2, 0) is 5.41 Å². The number of hydrogen-bond acceptors (Lipinski definition) is 6. The molecule has 0 bridgehead atoms. The topological polar surface area (TPSA) is 141 Å². The van der Waals surface area contributed by atoms with Gasteiger partial charge in [-0.1, -0.05) is 25.9 Å². The van der Waals surface area contributed by atoms with E-state index in [4.69, 9.17) is 4.52 Å². The van der Waals surface area contributed by atoms with E-state index < -0.39 is 6.03 Å². The number of benzene rings is 1. The number of H-pyrrole nitrogens is 2. The average Bonchev–Trinajstić information content (AvgIpc) is 3.32. The summed E-state index contributed by atoms with van der Waals surface area (Å²) in [6.45, 7) is 5.99. The Morgan fingerprint density at radius 3 is 2.50 bits per heavy atom. The van der Waals surface area contributed by atoms with E-state index in [0.29, 0.717) is 34.1 Å². The number of nitrogens with one attached hydrogen (secondary N) is 5. The lowest BCUT2D eigenvalue weighted by molar-refractivity contribution is 0.262. The van der Waals surface area contributed by atoms with Crippen LogP contribution in [-0.4, -0.2) is 26.1 Å². The number of anilines is 4. The van der Waals surface area contributed by atoms with Gasteiger partial charge < -0.3 is 25.1 Å². The Morgan fingerprint density at radius 1 is 1.07 bits per heavy atom. The maximum atomic E-state index is 12.2. The molecule has 3 heterocycles. The third-order valence-electron chi connectivity index (χ3n) is 4.34. The normalized spacial score (nSPS) is 11.4. The molecule has 4 rings (SSSR count). The predicted molar refractivity (Wildman–Crippen MR) is 114 cm³/mol. The molecular weight excluding hydrogens is 386 g/mol. The minimum absolute atomic E-state index is 0.197. The maximum absolute atomic E-state index is 12.2. The first kappa shape index (κ1) is 19.2. The number of hydrogen-bond donors (Lipinski definition) is 5. The Kier molecular flexibility index (Phi) is 4.74. The van der Waals surface area contributed by atoms with Gasteiger partial charge in [0.1, 0.15) is 11.3 Å². The van der Waals surface area contributed by atoms with Crippen molar-refractivity contribution in [2.24, 2.45) is 0 Å². The second-order valence-electron chi connectivity index (χ2n) is 7.78. The summed E-state index contributed by atoms with van der Waals surface area (Å²) in [5.74, 6) is 1.02. The minimum Gasteiger partial charge on any atom is -0.359 e. The Morgan fingerprint density at radius 2 is 1.80 bits per heavy atom. The number of aromatic nitrogens is 4. The van der Waals surface area contributed by atoms with E-state index in [-0.39, 0.29) is 11.0 Å². The molecule has 10 heteroatoms. The van der Waals surface area contributed by atoms with Gasteiger partial charge in [-0.15, -0.1) is 0 Å². The molecule has 0 aliphatic rings. The van der Waals surface area contributed by atoms with Gasteiger partial charge in [0, 0.05) is 28.9 Å². The molecule has 10 nitrogen and oxygen atoms in total. The largest absolute Gasteiger partial charge is 0.359 e. The highest BCUT2D eigenvalue weighted by molar-refractivity contribution is 5.99. The Bertz CT molecular complexity index is 1250. The summed E-state index contributed by atoms with van der Waals surface area (Å²) in [4.78, 5) is 33.7. The van der Waals surface area contributed by atoms with Crippen molar-refractivity contribution in [3.05, 3.63) is 58.8 Å². The van der Waals surface area contributed by atoms with Crippen LogP contribution >= 0.6 is 0 Å². The molecule has 0 atom stereocenters. The smallest absolute Gasteiger partial charge is 0.324 e. The maximum Gasteiger partial charge on any atom is 0.324 e. The Balaban J connectivity index is 1.41. The van der Waals surface area contributed by atoms with Gasteiger partial charge in [0.05, 0.1) is 12.0 Å². The van der Waals surface area contributed by atoms with Gasteiger partial charge in [-0.2, -0.15) is 0 Å². The molecule has 3 aromatic heterocycles. The summed E-state index contributed by atoms with van der Waals surface area (Å²) in [6.07, 6.45) is 1.51. The van der Waals surface area contributed by atoms with E-state index >= 15 is 0 Å². The number of carbonyl (C=O) groups is 1. The lowest BCUT2D eigenvalue weighted by atomic mass is 9.93. The minimum atomic E-state index is -0.432. The molecule has 0 radical (unpaired) electrons. The van der Waals surface area contributed by atoms with E-state index in [9.17, 15) is 9.59 Å². The van der Waals surface area contributed by atoms with Crippen LogP contribution in [0.5, 0.6) is 0 Å². The lowest BCUT2D eigenvalue weighted by Crippen LogP contribution is -2.19. The third kappa shape index (κ3) is 4.17. The number of amides is 2. The van der Waals surface area contributed by atoms with Crippen LogP contribution in [0.3, 0.4) is 0 Å². The highest BCUT2D eigenvalue weighted by Gasteiger charge is 2.20. The van der Waals surface area contributed by atoms with Crippen molar-refractivity contribution in [1.82, 2.24) is 20.1 Å². The molecule has 1 aromatic carbocycles. The molecule has 0 saturated heterocycles. The van der Waals surface area contributed by atoms with Gasteiger partial charge in [-0.25, -0.2) is 9.78 Å². The summed E-state index contributed by atoms with van der Waals surface area (Å²) in [7, 11) is 0. The van der Waals surface area contributed by atoms with Crippen LogP contribution in [0, 0.1) is 0 Å². The number of pyridine rings is 1. The quantitative estimate of drug-likeness (QED) is 0.347. The predicted octanol–water partition coefficient (Wildman–Crippen LogP) is 3.92. The molecule has 0 aliphatic heterocycles.